The predicted octanol–water partition coefficient (Wildman–Crippen LogP) is 2.58. The van der Waals surface area contributed by atoms with Gasteiger partial charge < -0.3 is 4.90 Å². The summed E-state index contributed by atoms with van der Waals surface area (Å²) in [5.74, 6) is 0.720. The third kappa shape index (κ3) is 3.58. The highest BCUT2D eigenvalue weighted by atomic mass is 35.5. The maximum absolute atomic E-state index is 6.87. The van der Waals surface area contributed by atoms with E-state index in [0.29, 0.717) is 16.4 Å². The van der Waals surface area contributed by atoms with Crippen molar-refractivity contribution in [3.05, 3.63) is 54.1 Å². The molecule has 0 radical (unpaired) electrons. The topological polar surface area (TPSA) is 67.9 Å². The summed E-state index contributed by atoms with van der Waals surface area (Å²) in [6.07, 6.45) is 5.33. The lowest BCUT2D eigenvalue weighted by Gasteiger charge is -2.32. The molecule has 8 nitrogen and oxygen atoms in total. The quantitative estimate of drug-likeness (QED) is 0.492. The second kappa shape index (κ2) is 8.14. The fourth-order valence-corrected chi connectivity index (χ4v) is 4.12. The predicted molar refractivity (Wildman–Crippen MR) is 117 cm³/mol. The maximum Gasteiger partial charge on any atom is 0.184 e. The van der Waals surface area contributed by atoms with E-state index in [1.54, 1.807) is 12.5 Å². The van der Waals surface area contributed by atoms with Gasteiger partial charge in [-0.2, -0.15) is 5.10 Å². The van der Waals surface area contributed by atoms with Crippen molar-refractivity contribution in [2.45, 2.75) is 6.54 Å². The van der Waals surface area contributed by atoms with Crippen molar-refractivity contribution >= 4 is 22.6 Å². The van der Waals surface area contributed by atoms with Gasteiger partial charge in [-0.05, 0) is 7.05 Å². The molecule has 1 aliphatic heterocycles. The molecule has 1 fully saturated rings. The van der Waals surface area contributed by atoms with Gasteiger partial charge in [-0.1, -0.05) is 41.9 Å². The Morgan fingerprint density at radius 3 is 2.53 bits per heavy atom. The summed E-state index contributed by atoms with van der Waals surface area (Å²) in [5.41, 5.74) is 2.28. The van der Waals surface area contributed by atoms with Gasteiger partial charge in [0.05, 0.1) is 17.0 Å². The Morgan fingerprint density at radius 2 is 1.80 bits per heavy atom. The summed E-state index contributed by atoms with van der Waals surface area (Å²) < 4.78 is 3.79. The minimum absolute atomic E-state index is 0.556. The lowest BCUT2D eigenvalue weighted by Crippen LogP contribution is -2.45. The van der Waals surface area contributed by atoms with Crippen LogP contribution in [0.15, 0.2) is 49.1 Å². The first-order valence-electron chi connectivity index (χ1n) is 10.1. The number of fused-ring (bicyclic) bond motifs is 1. The molecule has 0 bridgehead atoms. The number of piperazine rings is 1. The number of rotatable bonds is 5. The van der Waals surface area contributed by atoms with Gasteiger partial charge in [0.1, 0.15) is 12.0 Å². The van der Waals surface area contributed by atoms with Crippen molar-refractivity contribution in [2.24, 2.45) is 0 Å². The van der Waals surface area contributed by atoms with E-state index in [9.17, 15) is 0 Å². The van der Waals surface area contributed by atoms with Crippen LogP contribution in [0.5, 0.6) is 0 Å². The highest BCUT2D eigenvalue weighted by molar-refractivity contribution is 6.38. The second-order valence-corrected chi connectivity index (χ2v) is 7.97. The Morgan fingerprint density at radius 1 is 1.00 bits per heavy atom. The van der Waals surface area contributed by atoms with Crippen molar-refractivity contribution in [1.82, 2.24) is 39.3 Å². The number of imidazole rings is 1. The van der Waals surface area contributed by atoms with E-state index in [0.717, 1.165) is 56.0 Å². The number of hydrogen-bond acceptors (Lipinski definition) is 6. The van der Waals surface area contributed by atoms with Crippen LogP contribution in [0, 0.1) is 0 Å². The van der Waals surface area contributed by atoms with Crippen molar-refractivity contribution in [3.63, 3.8) is 0 Å². The van der Waals surface area contributed by atoms with Gasteiger partial charge in [-0.25, -0.2) is 9.67 Å². The average molecular weight is 423 g/mol. The average Bonchev–Trinajstić information content (AvgIpc) is 3.43. The van der Waals surface area contributed by atoms with E-state index in [1.807, 2.05) is 45.8 Å². The van der Waals surface area contributed by atoms with Crippen molar-refractivity contribution in [1.29, 1.82) is 0 Å². The molecule has 154 valence electrons. The molecule has 9 heteroatoms. The number of aromatic nitrogens is 6. The first-order chi connectivity index (χ1) is 14.7. The summed E-state index contributed by atoms with van der Waals surface area (Å²) in [4.78, 5) is 8.98. The standard InChI is InChI=1S/C21H23ClN8/c1-27-9-11-28(12-10-27)13-14-30-20-17(21(26-30)29-8-7-23-15-29)18(22)19(24-25-20)16-5-3-2-4-6-16/h2-8,15H,9-14H2,1H3. The summed E-state index contributed by atoms with van der Waals surface area (Å²) in [5, 5.41) is 15.2. The van der Waals surface area contributed by atoms with Gasteiger partial charge in [-0.3, -0.25) is 9.47 Å². The van der Waals surface area contributed by atoms with Crippen LogP contribution >= 0.6 is 11.6 Å². The molecule has 3 aromatic heterocycles. The van der Waals surface area contributed by atoms with Crippen LogP contribution in [0.3, 0.4) is 0 Å². The molecule has 0 atom stereocenters. The first-order valence-corrected chi connectivity index (χ1v) is 10.5. The minimum atomic E-state index is 0.556. The van der Waals surface area contributed by atoms with Gasteiger partial charge in [0.2, 0.25) is 0 Å². The zero-order chi connectivity index (χ0) is 20.5. The Hall–Kier alpha value is -2.81. The third-order valence-corrected chi connectivity index (χ3v) is 5.97. The summed E-state index contributed by atoms with van der Waals surface area (Å²) in [6.45, 7) is 5.94. The molecule has 4 heterocycles. The molecule has 0 saturated carbocycles. The van der Waals surface area contributed by atoms with E-state index >= 15 is 0 Å². The minimum Gasteiger partial charge on any atom is -0.304 e. The van der Waals surface area contributed by atoms with E-state index in [-0.39, 0.29) is 0 Å². The number of benzene rings is 1. The fourth-order valence-electron chi connectivity index (χ4n) is 3.81. The monoisotopic (exact) mass is 422 g/mol. The van der Waals surface area contributed by atoms with Crippen LogP contribution in [0.2, 0.25) is 5.02 Å². The normalized spacial score (nSPS) is 15.8. The summed E-state index contributed by atoms with van der Waals surface area (Å²) in [7, 11) is 2.16. The summed E-state index contributed by atoms with van der Waals surface area (Å²) >= 11 is 6.87. The molecule has 1 saturated heterocycles. The molecule has 5 rings (SSSR count). The molecular weight excluding hydrogens is 400 g/mol. The number of hydrogen-bond donors (Lipinski definition) is 0. The van der Waals surface area contributed by atoms with E-state index < -0.39 is 0 Å². The highest BCUT2D eigenvalue weighted by Crippen LogP contribution is 2.34. The molecule has 30 heavy (non-hydrogen) atoms. The van der Waals surface area contributed by atoms with E-state index in [4.69, 9.17) is 16.7 Å². The van der Waals surface area contributed by atoms with Crippen LogP contribution in [0.25, 0.3) is 28.1 Å². The molecular formula is C21H23ClN8. The molecule has 4 aromatic rings. The van der Waals surface area contributed by atoms with E-state index in [2.05, 4.69) is 32.0 Å². The third-order valence-electron chi connectivity index (χ3n) is 5.60. The Balaban J connectivity index is 1.54. The van der Waals surface area contributed by atoms with Crippen LogP contribution < -0.4 is 0 Å². The SMILES string of the molecule is CN1CCN(CCn2nc(-n3ccnc3)c3c(Cl)c(-c4ccccc4)nnc32)CC1. The van der Waals surface area contributed by atoms with Crippen molar-refractivity contribution in [2.75, 3.05) is 39.8 Å². The van der Waals surface area contributed by atoms with Gasteiger partial charge in [0, 0.05) is 50.7 Å². The largest absolute Gasteiger partial charge is 0.304 e. The molecule has 0 spiro atoms. The molecule has 0 aliphatic carbocycles. The molecule has 1 aromatic carbocycles. The van der Waals surface area contributed by atoms with Crippen molar-refractivity contribution < 1.29 is 0 Å². The summed E-state index contributed by atoms with van der Waals surface area (Å²) in [6, 6.07) is 9.87. The van der Waals surface area contributed by atoms with Crippen LogP contribution in [-0.4, -0.2) is 79.1 Å². The second-order valence-electron chi connectivity index (χ2n) is 7.59. The molecule has 0 amide bonds. The number of nitrogens with zero attached hydrogens (tertiary/aromatic N) is 8. The van der Waals surface area contributed by atoms with Gasteiger partial charge >= 0.3 is 0 Å². The molecule has 0 N–H and O–H groups in total. The zero-order valence-electron chi connectivity index (χ0n) is 16.8. The van der Waals surface area contributed by atoms with Crippen LogP contribution in [0.1, 0.15) is 0 Å². The number of halogens is 1. The molecule has 1 aliphatic rings. The maximum atomic E-state index is 6.87. The zero-order valence-corrected chi connectivity index (χ0v) is 17.6. The van der Waals surface area contributed by atoms with Crippen LogP contribution in [0.4, 0.5) is 0 Å². The fraction of sp³-hybridized carbons (Fsp3) is 0.333. The van der Waals surface area contributed by atoms with Gasteiger partial charge in [-0.15, -0.1) is 10.2 Å². The van der Waals surface area contributed by atoms with Gasteiger partial charge in [0.25, 0.3) is 0 Å². The number of likely N-dealkylation sites (N-methyl/N-ethyl adjacent to an activating group) is 1. The van der Waals surface area contributed by atoms with E-state index in [1.165, 1.54) is 0 Å². The van der Waals surface area contributed by atoms with Crippen molar-refractivity contribution in [3.8, 4) is 17.1 Å². The smallest absolute Gasteiger partial charge is 0.184 e. The highest BCUT2D eigenvalue weighted by Gasteiger charge is 2.22. The lowest BCUT2D eigenvalue weighted by molar-refractivity contribution is 0.149. The van der Waals surface area contributed by atoms with Gasteiger partial charge in [0.15, 0.2) is 11.5 Å². The lowest BCUT2D eigenvalue weighted by atomic mass is 10.1. The first kappa shape index (κ1) is 19.2. The Labute approximate surface area is 179 Å². The van der Waals surface area contributed by atoms with Crippen LogP contribution in [-0.2, 0) is 6.54 Å². The molecule has 0 unspecified atom stereocenters. The Kier molecular flexibility index (Phi) is 5.20. The Bertz CT molecular complexity index is 1130.